The van der Waals surface area contributed by atoms with Crippen molar-refractivity contribution < 1.29 is 19.4 Å². The number of aliphatic hydroxyl groups excluding tert-OH is 1. The summed E-state index contributed by atoms with van der Waals surface area (Å²) in [5.41, 5.74) is 0.804. The Bertz CT molecular complexity index is 802. The number of aromatic nitrogens is 2. The number of ether oxygens (including phenoxy) is 2. The van der Waals surface area contributed by atoms with E-state index in [1.165, 1.54) is 0 Å². The maximum absolute atomic E-state index is 13.0. The van der Waals surface area contributed by atoms with Gasteiger partial charge in [0.15, 0.2) is 17.1 Å². The van der Waals surface area contributed by atoms with Crippen molar-refractivity contribution in [2.24, 2.45) is 5.92 Å². The molecule has 1 aromatic heterocycles. The van der Waals surface area contributed by atoms with Crippen LogP contribution in [0.25, 0.3) is 0 Å². The number of benzene rings is 1. The van der Waals surface area contributed by atoms with Gasteiger partial charge in [-0.15, -0.1) is 0 Å². The van der Waals surface area contributed by atoms with Crippen LogP contribution in [0.4, 0.5) is 0 Å². The fourth-order valence-corrected chi connectivity index (χ4v) is 3.47. The van der Waals surface area contributed by atoms with Crippen LogP contribution in [0.3, 0.4) is 0 Å². The van der Waals surface area contributed by atoms with Crippen LogP contribution in [0, 0.1) is 12.8 Å². The highest BCUT2D eigenvalue weighted by molar-refractivity contribution is 5.85. The van der Waals surface area contributed by atoms with E-state index in [9.17, 15) is 9.90 Å². The van der Waals surface area contributed by atoms with Crippen LogP contribution in [0.2, 0.25) is 0 Å². The number of methoxy groups -OCH3 is 1. The van der Waals surface area contributed by atoms with E-state index in [0.29, 0.717) is 31.0 Å². The molecule has 2 atom stereocenters. The summed E-state index contributed by atoms with van der Waals surface area (Å²) in [6, 6.07) is 9.21. The first kappa shape index (κ1) is 19.2. The molecule has 0 saturated carbocycles. The molecule has 146 valence electrons. The zero-order valence-corrected chi connectivity index (χ0v) is 16.2. The molecule has 7 heteroatoms. The van der Waals surface area contributed by atoms with Gasteiger partial charge in [0.1, 0.15) is 0 Å². The van der Waals surface area contributed by atoms with E-state index in [2.05, 4.69) is 10.2 Å². The van der Waals surface area contributed by atoms with Gasteiger partial charge in [-0.1, -0.05) is 12.1 Å². The third-order valence-corrected chi connectivity index (χ3v) is 4.87. The molecule has 1 aliphatic rings. The Kier molecular flexibility index (Phi) is 5.41. The molecule has 0 radical (unpaired) electrons. The van der Waals surface area contributed by atoms with Crippen LogP contribution in [0.15, 0.2) is 30.3 Å². The second kappa shape index (κ2) is 7.60. The van der Waals surface area contributed by atoms with Gasteiger partial charge >= 0.3 is 0 Å². The zero-order valence-electron chi connectivity index (χ0n) is 16.2. The minimum Gasteiger partial charge on any atom is -0.493 e. The Morgan fingerprint density at radius 2 is 2.04 bits per heavy atom. The number of carbonyl (C=O) groups is 1. The van der Waals surface area contributed by atoms with Crippen LogP contribution >= 0.6 is 0 Å². The summed E-state index contributed by atoms with van der Waals surface area (Å²) in [5, 5.41) is 17.6. The minimum absolute atomic E-state index is 0.0429. The number of amides is 1. The monoisotopic (exact) mass is 373 g/mol. The van der Waals surface area contributed by atoms with E-state index in [-0.39, 0.29) is 11.8 Å². The molecule has 1 aromatic carbocycles. The Morgan fingerprint density at radius 3 is 2.67 bits per heavy atom. The van der Waals surface area contributed by atoms with Crippen molar-refractivity contribution in [2.75, 3.05) is 20.2 Å². The molecule has 0 aliphatic carbocycles. The molecule has 1 fully saturated rings. The summed E-state index contributed by atoms with van der Waals surface area (Å²) in [6.45, 7) is 6.18. The van der Waals surface area contributed by atoms with Gasteiger partial charge in [-0.3, -0.25) is 9.89 Å². The molecule has 0 spiro atoms. The normalized spacial score (nSPS) is 20.0. The molecule has 2 N–H and O–H groups in total. The predicted molar refractivity (Wildman–Crippen MR) is 101 cm³/mol. The van der Waals surface area contributed by atoms with Crippen molar-refractivity contribution in [3.8, 4) is 11.5 Å². The van der Waals surface area contributed by atoms with Gasteiger partial charge < -0.3 is 19.5 Å². The van der Waals surface area contributed by atoms with Gasteiger partial charge in [0.25, 0.3) is 5.91 Å². The van der Waals surface area contributed by atoms with Crippen LogP contribution in [0.1, 0.15) is 25.2 Å². The second-order valence-electron chi connectivity index (χ2n) is 7.55. The lowest BCUT2D eigenvalue weighted by Crippen LogP contribution is -2.48. The molecule has 2 aromatic rings. The van der Waals surface area contributed by atoms with E-state index in [1.54, 1.807) is 38.0 Å². The number of β-amino-alcohol motifs (C(OH)–C–C–N with tert-alkyl or cyclic N) is 1. The summed E-state index contributed by atoms with van der Waals surface area (Å²) in [5.74, 6) is 0.889. The van der Waals surface area contributed by atoms with Crippen LogP contribution in [0.5, 0.6) is 11.5 Å². The number of aliphatic hydroxyl groups is 1. The number of aromatic amines is 1. The molecule has 2 heterocycles. The third kappa shape index (κ3) is 4.24. The largest absolute Gasteiger partial charge is 0.493 e. The van der Waals surface area contributed by atoms with Crippen LogP contribution in [-0.4, -0.2) is 58.0 Å². The Morgan fingerprint density at radius 1 is 1.33 bits per heavy atom. The van der Waals surface area contributed by atoms with Crippen molar-refractivity contribution in [1.29, 1.82) is 0 Å². The van der Waals surface area contributed by atoms with E-state index >= 15 is 0 Å². The van der Waals surface area contributed by atoms with Crippen LogP contribution in [-0.2, 0) is 11.2 Å². The topological polar surface area (TPSA) is 87.7 Å². The molecule has 1 aliphatic heterocycles. The summed E-state index contributed by atoms with van der Waals surface area (Å²) in [7, 11) is 1.56. The number of hydrogen-bond acceptors (Lipinski definition) is 5. The number of hydrogen-bond donors (Lipinski definition) is 2. The fraction of sp³-hybridized carbons (Fsp3) is 0.500. The minimum atomic E-state index is -1.08. The standard InChI is InChI=1S/C20H27N3O4/c1-13-9-15(22-21-13)10-14-11-23(12-16(14)24)19(25)20(2,3)27-18-8-6-5-7-17(18)26-4/h5-9,14,16,24H,10-12H2,1-4H3,(H,21,22)/t14-,16-/m1/s1. The number of carbonyl (C=O) groups excluding carboxylic acids is 1. The number of rotatable bonds is 6. The molecule has 3 rings (SSSR count). The first-order valence-corrected chi connectivity index (χ1v) is 9.10. The van der Waals surface area contributed by atoms with Crippen molar-refractivity contribution in [3.05, 3.63) is 41.7 Å². The number of aryl methyl sites for hydroxylation is 1. The molecule has 1 saturated heterocycles. The van der Waals surface area contributed by atoms with Gasteiger partial charge in [-0.25, -0.2) is 0 Å². The highest BCUT2D eigenvalue weighted by Gasteiger charge is 2.41. The van der Waals surface area contributed by atoms with E-state index in [4.69, 9.17) is 9.47 Å². The lowest BCUT2D eigenvalue weighted by Gasteiger charge is -2.30. The fourth-order valence-electron chi connectivity index (χ4n) is 3.47. The van der Waals surface area contributed by atoms with Crippen molar-refractivity contribution in [2.45, 2.75) is 38.9 Å². The summed E-state index contributed by atoms with van der Waals surface area (Å²) < 4.78 is 11.3. The summed E-state index contributed by atoms with van der Waals surface area (Å²) >= 11 is 0. The van der Waals surface area contributed by atoms with Crippen molar-refractivity contribution in [1.82, 2.24) is 15.1 Å². The third-order valence-electron chi connectivity index (χ3n) is 4.87. The highest BCUT2D eigenvalue weighted by atomic mass is 16.5. The van der Waals surface area contributed by atoms with Gasteiger partial charge in [0, 0.05) is 24.7 Å². The summed E-state index contributed by atoms with van der Waals surface area (Å²) in [6.07, 6.45) is 0.0521. The average molecular weight is 373 g/mol. The van der Waals surface area contributed by atoms with Gasteiger partial charge in [0.05, 0.1) is 18.9 Å². The SMILES string of the molecule is COc1ccccc1OC(C)(C)C(=O)N1C[C@@H](Cc2cc(C)[nH]n2)[C@H](O)C1. The van der Waals surface area contributed by atoms with E-state index in [1.807, 2.05) is 25.1 Å². The molecular weight excluding hydrogens is 346 g/mol. The smallest absolute Gasteiger partial charge is 0.266 e. The lowest BCUT2D eigenvalue weighted by molar-refractivity contribution is -0.144. The summed E-state index contributed by atoms with van der Waals surface area (Å²) in [4.78, 5) is 14.7. The molecule has 7 nitrogen and oxygen atoms in total. The van der Waals surface area contributed by atoms with Crippen LogP contribution < -0.4 is 9.47 Å². The number of H-pyrrole nitrogens is 1. The quantitative estimate of drug-likeness (QED) is 0.808. The van der Waals surface area contributed by atoms with Gasteiger partial charge in [0.2, 0.25) is 0 Å². The maximum Gasteiger partial charge on any atom is 0.266 e. The first-order chi connectivity index (χ1) is 12.8. The second-order valence-corrected chi connectivity index (χ2v) is 7.55. The molecular formula is C20H27N3O4. The number of para-hydroxylation sites is 2. The van der Waals surface area contributed by atoms with E-state index in [0.717, 1.165) is 11.4 Å². The number of likely N-dealkylation sites (tertiary alicyclic amines) is 1. The Balaban J connectivity index is 1.67. The Hall–Kier alpha value is -2.54. The van der Waals surface area contributed by atoms with Crippen molar-refractivity contribution in [3.63, 3.8) is 0 Å². The lowest BCUT2D eigenvalue weighted by atomic mass is 10.00. The first-order valence-electron chi connectivity index (χ1n) is 9.10. The Labute approximate surface area is 159 Å². The predicted octanol–water partition coefficient (Wildman–Crippen LogP) is 1.95. The molecule has 1 amide bonds. The highest BCUT2D eigenvalue weighted by Crippen LogP contribution is 2.31. The van der Waals surface area contributed by atoms with Gasteiger partial charge in [-0.2, -0.15) is 5.10 Å². The maximum atomic E-state index is 13.0. The number of nitrogens with one attached hydrogen (secondary N) is 1. The van der Waals surface area contributed by atoms with E-state index < -0.39 is 11.7 Å². The van der Waals surface area contributed by atoms with Gasteiger partial charge in [-0.05, 0) is 45.4 Å². The zero-order chi connectivity index (χ0) is 19.6. The average Bonchev–Trinajstić information content (AvgIpc) is 3.20. The number of nitrogens with zero attached hydrogens (tertiary/aromatic N) is 2. The molecule has 0 bridgehead atoms. The molecule has 0 unspecified atom stereocenters. The molecule has 27 heavy (non-hydrogen) atoms. The van der Waals surface area contributed by atoms with Crippen molar-refractivity contribution >= 4 is 5.91 Å².